The van der Waals surface area contributed by atoms with Crippen LogP contribution >= 0.6 is 11.3 Å². The summed E-state index contributed by atoms with van der Waals surface area (Å²) in [4.78, 5) is 22.6. The Bertz CT molecular complexity index is 1160. The van der Waals surface area contributed by atoms with Crippen molar-refractivity contribution >= 4 is 33.3 Å². The van der Waals surface area contributed by atoms with Gasteiger partial charge in [-0.15, -0.1) is 11.3 Å². The summed E-state index contributed by atoms with van der Waals surface area (Å²) in [7, 11) is 0. The quantitative estimate of drug-likeness (QED) is 0.556. The van der Waals surface area contributed by atoms with Crippen LogP contribution in [-0.2, 0) is 14.9 Å². The maximum Gasteiger partial charge on any atom is 0.348 e. The first-order valence-corrected chi connectivity index (χ1v) is 11.6. The van der Waals surface area contributed by atoms with Crippen LogP contribution in [0.3, 0.4) is 0 Å². The summed E-state index contributed by atoms with van der Waals surface area (Å²) >= 11 is 1.34. The van der Waals surface area contributed by atoms with Crippen LogP contribution in [0.4, 0.5) is 5.82 Å². The summed E-state index contributed by atoms with van der Waals surface area (Å²) in [5.74, 6) is 1.97. The van der Waals surface area contributed by atoms with Crippen LogP contribution in [0.15, 0.2) is 24.5 Å². The van der Waals surface area contributed by atoms with E-state index in [9.17, 15) is 4.79 Å². The van der Waals surface area contributed by atoms with Crippen molar-refractivity contribution in [2.75, 3.05) is 38.5 Å². The monoisotopic (exact) mass is 455 g/mol. The van der Waals surface area contributed by atoms with Gasteiger partial charge in [0.25, 0.3) is 0 Å². The maximum atomic E-state index is 12.4. The van der Waals surface area contributed by atoms with E-state index in [2.05, 4.69) is 27.4 Å². The van der Waals surface area contributed by atoms with E-state index >= 15 is 0 Å². The fraction of sp³-hybridized carbons (Fsp3) is 0.435. The van der Waals surface area contributed by atoms with E-state index in [-0.39, 0.29) is 18.2 Å². The SMILES string of the molecule is CCOC(=O)c1sc2ncnc(NCC3(c4ccc5c(c4)OCO5)CCOCC3)c2c1C. The first-order chi connectivity index (χ1) is 15.6. The molecule has 0 saturated carbocycles. The molecular formula is C23H25N3O5S. The van der Waals surface area contributed by atoms with Crippen LogP contribution in [0, 0.1) is 6.92 Å². The topological polar surface area (TPSA) is 91.8 Å². The van der Waals surface area contributed by atoms with Crippen LogP contribution in [0.2, 0.25) is 0 Å². The minimum absolute atomic E-state index is 0.135. The smallest absolute Gasteiger partial charge is 0.348 e. The molecule has 8 nitrogen and oxygen atoms in total. The minimum Gasteiger partial charge on any atom is -0.462 e. The Labute approximate surface area is 189 Å². The van der Waals surface area contributed by atoms with Gasteiger partial charge in [0.2, 0.25) is 6.79 Å². The fourth-order valence-electron chi connectivity index (χ4n) is 4.41. The van der Waals surface area contributed by atoms with Crippen molar-refractivity contribution in [2.45, 2.75) is 32.1 Å². The molecule has 2 aliphatic heterocycles. The summed E-state index contributed by atoms with van der Waals surface area (Å²) in [5.41, 5.74) is 1.90. The van der Waals surface area contributed by atoms with Gasteiger partial charge in [0, 0.05) is 25.2 Å². The number of ether oxygens (including phenoxy) is 4. The second-order valence-electron chi connectivity index (χ2n) is 7.99. The van der Waals surface area contributed by atoms with Crippen molar-refractivity contribution in [3.05, 3.63) is 40.5 Å². The van der Waals surface area contributed by atoms with E-state index in [0.29, 0.717) is 31.2 Å². The first-order valence-electron chi connectivity index (χ1n) is 10.7. The molecule has 2 aliphatic rings. The Morgan fingerprint density at radius 3 is 2.84 bits per heavy atom. The highest BCUT2D eigenvalue weighted by Crippen LogP contribution is 2.41. The van der Waals surface area contributed by atoms with E-state index in [4.69, 9.17) is 18.9 Å². The third kappa shape index (κ3) is 3.65. The number of anilines is 1. The Morgan fingerprint density at radius 1 is 1.22 bits per heavy atom. The van der Waals surface area contributed by atoms with Gasteiger partial charge in [-0.25, -0.2) is 14.8 Å². The second-order valence-corrected chi connectivity index (χ2v) is 8.99. The predicted molar refractivity (Wildman–Crippen MR) is 121 cm³/mol. The van der Waals surface area contributed by atoms with Crippen molar-refractivity contribution in [1.82, 2.24) is 9.97 Å². The summed E-state index contributed by atoms with van der Waals surface area (Å²) in [5, 5.41) is 4.43. The van der Waals surface area contributed by atoms with Gasteiger partial charge in [-0.05, 0) is 49.9 Å². The molecule has 0 spiro atoms. The number of thiophene rings is 1. The van der Waals surface area contributed by atoms with Gasteiger partial charge in [0.15, 0.2) is 11.5 Å². The number of fused-ring (bicyclic) bond motifs is 2. The molecule has 1 N–H and O–H groups in total. The average Bonchev–Trinajstić information content (AvgIpc) is 3.43. The van der Waals surface area contributed by atoms with E-state index in [1.165, 1.54) is 23.2 Å². The van der Waals surface area contributed by atoms with Gasteiger partial charge >= 0.3 is 5.97 Å². The number of carbonyl (C=O) groups excluding carboxylic acids is 1. The highest BCUT2D eigenvalue weighted by molar-refractivity contribution is 7.20. The number of nitrogens with zero attached hydrogens (tertiary/aromatic N) is 2. The molecule has 0 radical (unpaired) electrons. The van der Waals surface area contributed by atoms with Crippen molar-refractivity contribution in [3.8, 4) is 11.5 Å². The van der Waals surface area contributed by atoms with Crippen LogP contribution in [0.5, 0.6) is 11.5 Å². The molecule has 3 aromatic rings. The lowest BCUT2D eigenvalue weighted by Gasteiger charge is -2.38. The van der Waals surface area contributed by atoms with Gasteiger partial charge in [-0.2, -0.15) is 0 Å². The Morgan fingerprint density at radius 2 is 2.03 bits per heavy atom. The zero-order chi connectivity index (χ0) is 22.1. The lowest BCUT2D eigenvalue weighted by atomic mass is 9.74. The molecule has 4 heterocycles. The highest BCUT2D eigenvalue weighted by atomic mass is 32.1. The third-order valence-corrected chi connectivity index (χ3v) is 7.40. The van der Waals surface area contributed by atoms with Gasteiger partial charge in [0.05, 0.1) is 12.0 Å². The van der Waals surface area contributed by atoms with Crippen molar-refractivity contribution in [2.24, 2.45) is 0 Å². The van der Waals surface area contributed by atoms with Crippen LogP contribution in [0.25, 0.3) is 10.2 Å². The summed E-state index contributed by atoms with van der Waals surface area (Å²) in [6, 6.07) is 6.18. The molecule has 1 saturated heterocycles. The third-order valence-electron chi connectivity index (χ3n) is 6.22. The van der Waals surface area contributed by atoms with E-state index in [0.717, 1.165) is 45.9 Å². The molecule has 0 aliphatic carbocycles. The Hall–Kier alpha value is -2.91. The number of carbonyl (C=O) groups is 1. The molecule has 9 heteroatoms. The van der Waals surface area contributed by atoms with Gasteiger partial charge in [-0.3, -0.25) is 0 Å². The van der Waals surface area contributed by atoms with Crippen molar-refractivity contribution < 1.29 is 23.7 Å². The number of aryl methyl sites for hydroxylation is 1. The number of benzene rings is 1. The highest BCUT2D eigenvalue weighted by Gasteiger charge is 2.36. The number of hydrogen-bond donors (Lipinski definition) is 1. The maximum absolute atomic E-state index is 12.4. The summed E-state index contributed by atoms with van der Waals surface area (Å²) in [6.45, 7) is 6.37. The molecular weight excluding hydrogens is 430 g/mol. The number of esters is 1. The van der Waals surface area contributed by atoms with Gasteiger partial charge in [-0.1, -0.05) is 6.07 Å². The van der Waals surface area contributed by atoms with Crippen LogP contribution in [0.1, 0.15) is 40.6 Å². The molecule has 0 bridgehead atoms. The molecule has 1 fully saturated rings. The van der Waals surface area contributed by atoms with E-state index < -0.39 is 0 Å². The normalized spacial score (nSPS) is 16.8. The molecule has 2 aromatic heterocycles. The van der Waals surface area contributed by atoms with Crippen LogP contribution in [-0.4, -0.2) is 49.1 Å². The number of hydrogen-bond acceptors (Lipinski definition) is 9. The predicted octanol–water partition coefficient (Wildman–Crippen LogP) is 4.07. The molecule has 0 amide bonds. The zero-order valence-electron chi connectivity index (χ0n) is 18.1. The molecule has 168 valence electrons. The molecule has 1 aromatic carbocycles. The average molecular weight is 456 g/mol. The standard InChI is InChI=1S/C23H25N3O5S/c1-3-29-22(27)19-14(2)18-20(25-12-26-21(18)32-19)24-11-23(6-8-28-9-7-23)15-4-5-16-17(10-15)31-13-30-16/h4-5,10,12H,3,6-9,11,13H2,1-2H3,(H,24,25,26). The molecule has 0 atom stereocenters. The van der Waals surface area contributed by atoms with Crippen molar-refractivity contribution in [1.29, 1.82) is 0 Å². The largest absolute Gasteiger partial charge is 0.462 e. The first kappa shape index (κ1) is 21.0. The lowest BCUT2D eigenvalue weighted by Crippen LogP contribution is -2.40. The summed E-state index contributed by atoms with van der Waals surface area (Å²) < 4.78 is 22.0. The second kappa shape index (κ2) is 8.55. The molecule has 5 rings (SSSR count). The Kier molecular flexibility index (Phi) is 5.60. The van der Waals surface area contributed by atoms with Crippen molar-refractivity contribution in [3.63, 3.8) is 0 Å². The Balaban J connectivity index is 1.47. The minimum atomic E-state index is -0.319. The fourth-order valence-corrected chi connectivity index (χ4v) is 5.45. The molecule has 0 unspecified atom stereocenters. The van der Waals surface area contributed by atoms with Gasteiger partial charge < -0.3 is 24.3 Å². The van der Waals surface area contributed by atoms with E-state index in [1.807, 2.05) is 13.0 Å². The number of nitrogens with one attached hydrogen (secondary N) is 1. The van der Waals surface area contributed by atoms with E-state index in [1.54, 1.807) is 6.92 Å². The van der Waals surface area contributed by atoms with Crippen LogP contribution < -0.4 is 14.8 Å². The molecule has 32 heavy (non-hydrogen) atoms. The number of aromatic nitrogens is 2. The summed E-state index contributed by atoms with van der Waals surface area (Å²) in [6.07, 6.45) is 3.29. The lowest BCUT2D eigenvalue weighted by molar-refractivity contribution is 0.0530. The zero-order valence-corrected chi connectivity index (χ0v) is 18.9. The number of rotatable bonds is 6. The van der Waals surface area contributed by atoms with Gasteiger partial charge in [0.1, 0.15) is 21.9 Å².